The zero-order chi connectivity index (χ0) is 19.3. The molecule has 1 aromatic rings. The molecule has 2 heterocycles. The number of carbonyl (C=O) groups excluding carboxylic acids is 2. The molecule has 5 nitrogen and oxygen atoms in total. The maximum atomic E-state index is 12.6. The van der Waals surface area contributed by atoms with Crippen LogP contribution in [0.2, 0.25) is 15.1 Å². The van der Waals surface area contributed by atoms with Crippen LogP contribution in [0.4, 0.5) is 0 Å². The maximum absolute atomic E-state index is 12.6. The highest BCUT2D eigenvalue weighted by Gasteiger charge is 2.50. The Morgan fingerprint density at radius 1 is 1.23 bits per heavy atom. The monoisotopic (exact) mass is 418 g/mol. The average Bonchev–Trinajstić information content (AvgIpc) is 2.79. The molecular weight excluding hydrogens is 399 g/mol. The fourth-order valence-electron chi connectivity index (χ4n) is 4.62. The van der Waals surface area contributed by atoms with Crippen molar-refractivity contribution >= 4 is 46.7 Å². The third kappa shape index (κ3) is 3.80. The number of rotatable bonds is 3. The Morgan fingerprint density at radius 3 is 2.62 bits per heavy atom. The first-order chi connectivity index (χ1) is 12.0. The van der Waals surface area contributed by atoms with Crippen LogP contribution in [0.1, 0.15) is 50.5 Å². The van der Waals surface area contributed by atoms with Gasteiger partial charge >= 0.3 is 5.97 Å². The summed E-state index contributed by atoms with van der Waals surface area (Å²) < 4.78 is 5.13. The number of hydrogen-bond donors (Lipinski definition) is 0. The van der Waals surface area contributed by atoms with Crippen molar-refractivity contribution in [1.29, 1.82) is 0 Å². The van der Waals surface area contributed by atoms with E-state index in [0.717, 1.165) is 19.3 Å². The summed E-state index contributed by atoms with van der Waals surface area (Å²) in [5.74, 6) is -0.989. The van der Waals surface area contributed by atoms with Gasteiger partial charge in [0.05, 0.1) is 15.1 Å². The van der Waals surface area contributed by atoms with Gasteiger partial charge in [0.2, 0.25) is 0 Å². The minimum Gasteiger partial charge on any atom is -0.451 e. The van der Waals surface area contributed by atoms with Gasteiger partial charge in [0.15, 0.2) is 12.3 Å². The Balaban J connectivity index is 1.65. The molecule has 2 bridgehead atoms. The van der Waals surface area contributed by atoms with Crippen LogP contribution in [0, 0.1) is 10.8 Å². The number of ether oxygens (including phenoxy) is 1. The summed E-state index contributed by atoms with van der Waals surface area (Å²) in [6.45, 7) is 7.06. The SMILES string of the molecule is CC1(C)C[C@@H]2C[C@@](C)(CN2C(=O)COC(=O)c2ncc(Cl)c(Cl)c2Cl)C1. The van der Waals surface area contributed by atoms with E-state index in [2.05, 4.69) is 25.8 Å². The van der Waals surface area contributed by atoms with E-state index in [-0.39, 0.29) is 50.1 Å². The molecule has 8 heteroatoms. The van der Waals surface area contributed by atoms with Crippen molar-refractivity contribution in [2.24, 2.45) is 10.8 Å². The van der Waals surface area contributed by atoms with Crippen molar-refractivity contribution in [1.82, 2.24) is 9.88 Å². The van der Waals surface area contributed by atoms with E-state index in [1.165, 1.54) is 6.20 Å². The highest BCUT2D eigenvalue weighted by Crippen LogP contribution is 2.52. The second-order valence-corrected chi connectivity index (χ2v) is 9.56. The van der Waals surface area contributed by atoms with E-state index in [9.17, 15) is 9.59 Å². The smallest absolute Gasteiger partial charge is 0.359 e. The zero-order valence-electron chi connectivity index (χ0n) is 14.9. The van der Waals surface area contributed by atoms with E-state index in [4.69, 9.17) is 39.5 Å². The lowest BCUT2D eigenvalue weighted by atomic mass is 9.65. The molecule has 1 amide bonds. The number of aromatic nitrogens is 1. The highest BCUT2D eigenvalue weighted by molar-refractivity contribution is 6.48. The summed E-state index contributed by atoms with van der Waals surface area (Å²) in [7, 11) is 0. The summed E-state index contributed by atoms with van der Waals surface area (Å²) in [5, 5.41) is 0.0949. The van der Waals surface area contributed by atoms with Crippen LogP contribution in [-0.2, 0) is 9.53 Å². The van der Waals surface area contributed by atoms with Gasteiger partial charge in [0, 0.05) is 18.8 Å². The minimum atomic E-state index is -0.796. The number of nitrogens with zero attached hydrogens (tertiary/aromatic N) is 2. The number of amides is 1. The Kier molecular flexibility index (Phi) is 5.19. The van der Waals surface area contributed by atoms with Gasteiger partial charge in [-0.1, -0.05) is 55.6 Å². The molecule has 1 saturated heterocycles. The lowest BCUT2D eigenvalue weighted by Gasteiger charge is -2.39. The third-order valence-electron chi connectivity index (χ3n) is 5.17. The lowest BCUT2D eigenvalue weighted by Crippen LogP contribution is -2.39. The Morgan fingerprint density at radius 2 is 1.92 bits per heavy atom. The highest BCUT2D eigenvalue weighted by atomic mass is 35.5. The first-order valence-corrected chi connectivity index (χ1v) is 9.61. The molecule has 2 atom stereocenters. The van der Waals surface area contributed by atoms with Gasteiger partial charge in [-0.05, 0) is 30.1 Å². The second kappa shape index (κ2) is 6.84. The fourth-order valence-corrected chi connectivity index (χ4v) is 5.17. The third-order valence-corrected chi connectivity index (χ3v) is 6.41. The summed E-state index contributed by atoms with van der Waals surface area (Å²) in [6.07, 6.45) is 4.27. The van der Waals surface area contributed by atoms with E-state index >= 15 is 0 Å². The van der Waals surface area contributed by atoms with Gasteiger partial charge in [-0.15, -0.1) is 0 Å². The van der Waals surface area contributed by atoms with E-state index in [1.807, 2.05) is 4.90 Å². The normalized spacial score (nSPS) is 26.7. The molecule has 3 rings (SSSR count). The van der Waals surface area contributed by atoms with Crippen LogP contribution >= 0.6 is 34.8 Å². The van der Waals surface area contributed by atoms with Crippen LogP contribution in [0.25, 0.3) is 0 Å². The largest absolute Gasteiger partial charge is 0.451 e. The maximum Gasteiger partial charge on any atom is 0.359 e. The number of esters is 1. The van der Waals surface area contributed by atoms with Crippen LogP contribution in [0.15, 0.2) is 6.20 Å². The van der Waals surface area contributed by atoms with Gasteiger partial charge in [-0.3, -0.25) is 4.79 Å². The summed E-state index contributed by atoms with van der Waals surface area (Å²) >= 11 is 17.7. The summed E-state index contributed by atoms with van der Waals surface area (Å²) in [6, 6.07) is 0.196. The number of fused-ring (bicyclic) bond motifs is 2. The zero-order valence-corrected chi connectivity index (χ0v) is 17.2. The van der Waals surface area contributed by atoms with E-state index in [1.54, 1.807) is 0 Å². The first-order valence-electron chi connectivity index (χ1n) is 8.47. The van der Waals surface area contributed by atoms with Crippen LogP contribution < -0.4 is 0 Å². The predicted molar refractivity (Wildman–Crippen MR) is 101 cm³/mol. The molecular formula is C18H21Cl3N2O3. The van der Waals surface area contributed by atoms with Crippen LogP contribution in [-0.4, -0.2) is 41.0 Å². The number of likely N-dealkylation sites (tertiary alicyclic amines) is 1. The number of hydrogen-bond acceptors (Lipinski definition) is 4. The average molecular weight is 420 g/mol. The van der Waals surface area contributed by atoms with Crippen LogP contribution in [0.5, 0.6) is 0 Å². The molecule has 26 heavy (non-hydrogen) atoms. The molecule has 0 unspecified atom stereocenters. The van der Waals surface area contributed by atoms with Gasteiger partial charge in [0.25, 0.3) is 5.91 Å². The van der Waals surface area contributed by atoms with Gasteiger partial charge in [0.1, 0.15) is 0 Å². The van der Waals surface area contributed by atoms with Crippen molar-refractivity contribution in [2.45, 2.75) is 46.1 Å². The molecule has 0 N–H and O–H groups in total. The number of halogens is 3. The minimum absolute atomic E-state index is 0.0325. The van der Waals surface area contributed by atoms with E-state index < -0.39 is 5.97 Å². The second-order valence-electron chi connectivity index (χ2n) is 8.39. The fraction of sp³-hybridized carbons (Fsp3) is 0.611. The molecule has 0 aromatic carbocycles. The molecule has 2 aliphatic rings. The Labute approximate surface area is 167 Å². The molecule has 2 fully saturated rings. The van der Waals surface area contributed by atoms with Gasteiger partial charge < -0.3 is 9.64 Å². The lowest BCUT2D eigenvalue weighted by molar-refractivity contribution is -0.135. The van der Waals surface area contributed by atoms with Crippen molar-refractivity contribution in [3.05, 3.63) is 27.0 Å². The Bertz CT molecular complexity index is 768. The molecule has 142 valence electrons. The molecule has 1 saturated carbocycles. The Hall–Kier alpha value is -1.04. The topological polar surface area (TPSA) is 59.5 Å². The quantitative estimate of drug-likeness (QED) is 0.670. The number of carbonyl (C=O) groups is 2. The van der Waals surface area contributed by atoms with Gasteiger partial charge in [-0.25, -0.2) is 9.78 Å². The molecule has 1 aliphatic carbocycles. The first kappa shape index (κ1) is 19.7. The molecule has 1 aromatic heterocycles. The molecule has 0 spiro atoms. The standard InChI is InChI=1S/C18H21Cl3N2O3/c1-17(2)4-10-5-18(3,8-17)9-23(10)12(24)7-26-16(25)15-14(21)13(20)11(19)6-22-15/h6,10H,4-5,7-9H2,1-3H3/t10-,18-/m1/s1. The molecule has 0 radical (unpaired) electrons. The van der Waals surface area contributed by atoms with Gasteiger partial charge in [-0.2, -0.15) is 0 Å². The number of pyridine rings is 1. The molecule has 1 aliphatic heterocycles. The predicted octanol–water partition coefficient (Wildman–Crippen LogP) is 4.63. The summed E-state index contributed by atoms with van der Waals surface area (Å²) in [4.78, 5) is 30.5. The van der Waals surface area contributed by atoms with Crippen molar-refractivity contribution in [3.63, 3.8) is 0 Å². The van der Waals surface area contributed by atoms with Crippen molar-refractivity contribution in [3.8, 4) is 0 Å². The summed E-state index contributed by atoms with van der Waals surface area (Å²) in [5.41, 5.74) is 0.184. The van der Waals surface area contributed by atoms with Crippen LogP contribution in [0.3, 0.4) is 0 Å². The van der Waals surface area contributed by atoms with Crippen molar-refractivity contribution in [2.75, 3.05) is 13.2 Å². The van der Waals surface area contributed by atoms with E-state index in [0.29, 0.717) is 6.54 Å². The van der Waals surface area contributed by atoms with Crippen molar-refractivity contribution < 1.29 is 14.3 Å².